The highest BCUT2D eigenvalue weighted by Crippen LogP contribution is 2.39. The lowest BCUT2D eigenvalue weighted by molar-refractivity contribution is 1.07. The van der Waals surface area contributed by atoms with E-state index in [1.165, 1.54) is 37.9 Å². The first-order valence-electron chi connectivity index (χ1n) is 15.4. The first-order chi connectivity index (χ1) is 22.8. The van der Waals surface area contributed by atoms with Crippen molar-refractivity contribution in [3.05, 3.63) is 158 Å². The smallest absolute Gasteiger partial charge is 0.164 e. The van der Waals surface area contributed by atoms with Crippen LogP contribution in [0.25, 0.3) is 88.9 Å². The van der Waals surface area contributed by atoms with Crippen LogP contribution in [-0.2, 0) is 0 Å². The van der Waals surface area contributed by atoms with Gasteiger partial charge in [-0.2, -0.15) is 0 Å². The highest BCUT2D eigenvalue weighted by Gasteiger charge is 2.17. The molecule has 0 saturated carbocycles. The van der Waals surface area contributed by atoms with Crippen molar-refractivity contribution < 1.29 is 0 Å². The Morgan fingerprint density at radius 2 is 0.913 bits per heavy atom. The first kappa shape index (κ1) is 26.2. The van der Waals surface area contributed by atoms with Crippen molar-refractivity contribution in [1.29, 1.82) is 0 Å². The van der Waals surface area contributed by atoms with Gasteiger partial charge in [0.25, 0.3) is 0 Å². The van der Waals surface area contributed by atoms with Gasteiger partial charge in [-0.05, 0) is 55.6 Å². The maximum Gasteiger partial charge on any atom is 0.164 e. The van der Waals surface area contributed by atoms with Crippen molar-refractivity contribution >= 4 is 32.3 Å². The minimum atomic E-state index is 0.612. The molecule has 0 aliphatic rings. The van der Waals surface area contributed by atoms with Crippen molar-refractivity contribution in [2.24, 2.45) is 0 Å². The second-order valence-corrected chi connectivity index (χ2v) is 11.5. The topological polar surface area (TPSA) is 51.6 Å². The minimum absolute atomic E-state index is 0.612. The van der Waals surface area contributed by atoms with E-state index in [2.05, 4.69) is 96.0 Å². The molecule has 0 spiro atoms. The highest BCUT2D eigenvalue weighted by molar-refractivity contribution is 6.25. The molecular weight excluding hydrogens is 560 g/mol. The molecule has 0 saturated heterocycles. The Morgan fingerprint density at radius 1 is 0.326 bits per heavy atom. The number of hydrogen-bond donors (Lipinski definition) is 0. The van der Waals surface area contributed by atoms with Crippen LogP contribution in [0.15, 0.2) is 158 Å². The number of hydrogen-bond acceptors (Lipinski definition) is 4. The van der Waals surface area contributed by atoms with Gasteiger partial charge in [0.1, 0.15) is 0 Å². The average molecular weight is 587 g/mol. The minimum Gasteiger partial charge on any atom is -0.256 e. The molecular formula is C42H26N4. The molecule has 214 valence electrons. The van der Waals surface area contributed by atoms with Crippen molar-refractivity contribution in [2.75, 3.05) is 0 Å². The third kappa shape index (κ3) is 4.39. The molecule has 0 unspecified atom stereocenters. The van der Waals surface area contributed by atoms with Gasteiger partial charge in [-0.25, -0.2) is 15.0 Å². The summed E-state index contributed by atoms with van der Waals surface area (Å²) in [6.45, 7) is 0. The standard InChI is InChI=1S/C42H26N4/c1-2-9-31(10-3-1)40-44-41(46-42(45-40)36-14-5-4-13-34(36)37-15-6-7-26-43-37)32-20-16-27(17-21-32)33-24-22-30-19-18-28-11-8-12-29-23-25-35(33)39(30)38(28)29/h1-26H. The van der Waals surface area contributed by atoms with Crippen molar-refractivity contribution in [1.82, 2.24) is 19.9 Å². The fourth-order valence-corrected chi connectivity index (χ4v) is 6.55. The van der Waals surface area contributed by atoms with Gasteiger partial charge in [-0.15, -0.1) is 0 Å². The number of nitrogens with zero attached hydrogens (tertiary/aromatic N) is 4. The summed E-state index contributed by atoms with van der Waals surface area (Å²) in [6, 6.07) is 52.7. The third-order valence-electron chi connectivity index (χ3n) is 8.76. The summed E-state index contributed by atoms with van der Waals surface area (Å²) in [5, 5.41) is 7.71. The molecule has 7 aromatic carbocycles. The highest BCUT2D eigenvalue weighted by atomic mass is 15.0. The van der Waals surface area contributed by atoms with Crippen molar-refractivity contribution in [3.8, 4) is 56.5 Å². The molecule has 46 heavy (non-hydrogen) atoms. The largest absolute Gasteiger partial charge is 0.256 e. The molecule has 0 bridgehead atoms. The van der Waals surface area contributed by atoms with Gasteiger partial charge in [0.05, 0.1) is 5.69 Å². The molecule has 0 aliphatic heterocycles. The second-order valence-electron chi connectivity index (χ2n) is 11.5. The summed E-state index contributed by atoms with van der Waals surface area (Å²) in [5.74, 6) is 1.87. The van der Waals surface area contributed by atoms with Gasteiger partial charge in [0.15, 0.2) is 17.5 Å². The van der Waals surface area contributed by atoms with Crippen LogP contribution in [0, 0.1) is 0 Å². The molecule has 0 radical (unpaired) electrons. The number of rotatable bonds is 5. The van der Waals surface area contributed by atoms with Crippen LogP contribution in [0.3, 0.4) is 0 Å². The van der Waals surface area contributed by atoms with E-state index in [0.29, 0.717) is 17.5 Å². The van der Waals surface area contributed by atoms with Crippen molar-refractivity contribution in [3.63, 3.8) is 0 Å². The fraction of sp³-hybridized carbons (Fsp3) is 0. The van der Waals surface area contributed by atoms with Crippen LogP contribution in [0.5, 0.6) is 0 Å². The van der Waals surface area contributed by atoms with Gasteiger partial charge in [-0.3, -0.25) is 4.98 Å². The number of pyridine rings is 1. The van der Waals surface area contributed by atoms with Crippen molar-refractivity contribution in [2.45, 2.75) is 0 Å². The van der Waals surface area contributed by atoms with E-state index >= 15 is 0 Å². The Bertz CT molecular complexity index is 2490. The summed E-state index contributed by atoms with van der Waals surface area (Å²) in [6.07, 6.45) is 1.81. The van der Waals surface area contributed by atoms with Gasteiger partial charge >= 0.3 is 0 Å². The molecule has 0 fully saturated rings. The number of aromatic nitrogens is 4. The second kappa shape index (κ2) is 10.7. The Kier molecular flexibility index (Phi) is 6.10. The normalized spacial score (nSPS) is 11.5. The van der Waals surface area contributed by atoms with Crippen LogP contribution in [0.1, 0.15) is 0 Å². The van der Waals surface area contributed by atoms with Gasteiger partial charge in [0, 0.05) is 28.5 Å². The van der Waals surface area contributed by atoms with E-state index in [9.17, 15) is 0 Å². The lowest BCUT2D eigenvalue weighted by atomic mass is 9.90. The van der Waals surface area contributed by atoms with Gasteiger partial charge in [-0.1, -0.05) is 140 Å². The summed E-state index contributed by atoms with van der Waals surface area (Å²) < 4.78 is 0. The fourth-order valence-electron chi connectivity index (χ4n) is 6.55. The van der Waals surface area contributed by atoms with Gasteiger partial charge in [0.2, 0.25) is 0 Å². The van der Waals surface area contributed by atoms with Crippen LogP contribution >= 0.6 is 0 Å². The van der Waals surface area contributed by atoms with E-state index < -0.39 is 0 Å². The summed E-state index contributed by atoms with van der Waals surface area (Å²) >= 11 is 0. The average Bonchev–Trinajstić information content (AvgIpc) is 3.14. The SMILES string of the molecule is c1ccc(-c2nc(-c3ccc(-c4ccc5ccc6cccc7ccc4c5c67)cc3)nc(-c3ccccc3-c3ccccn3)n2)cc1. The molecule has 0 aliphatic carbocycles. The lowest BCUT2D eigenvalue weighted by Gasteiger charge is -2.14. The van der Waals surface area contributed by atoms with E-state index in [1.807, 2.05) is 66.9 Å². The molecule has 9 aromatic rings. The number of benzene rings is 7. The maximum absolute atomic E-state index is 5.04. The third-order valence-corrected chi connectivity index (χ3v) is 8.76. The molecule has 2 heterocycles. The van der Waals surface area contributed by atoms with E-state index in [-0.39, 0.29) is 0 Å². The zero-order valence-corrected chi connectivity index (χ0v) is 24.8. The quantitative estimate of drug-likeness (QED) is 0.188. The van der Waals surface area contributed by atoms with Gasteiger partial charge < -0.3 is 0 Å². The van der Waals surface area contributed by atoms with Crippen LogP contribution in [0.2, 0.25) is 0 Å². The Balaban J connectivity index is 1.18. The lowest BCUT2D eigenvalue weighted by Crippen LogP contribution is -2.01. The Morgan fingerprint density at radius 3 is 1.65 bits per heavy atom. The van der Waals surface area contributed by atoms with E-state index in [4.69, 9.17) is 15.0 Å². The molecule has 0 atom stereocenters. The molecule has 4 heteroatoms. The molecule has 0 N–H and O–H groups in total. The molecule has 9 rings (SSSR count). The molecule has 4 nitrogen and oxygen atoms in total. The Hall–Kier alpha value is -6.26. The predicted octanol–water partition coefficient (Wildman–Crippen LogP) is 10.5. The monoisotopic (exact) mass is 586 g/mol. The van der Waals surface area contributed by atoms with Crippen LogP contribution in [0.4, 0.5) is 0 Å². The first-order valence-corrected chi connectivity index (χ1v) is 15.4. The van der Waals surface area contributed by atoms with Crippen LogP contribution < -0.4 is 0 Å². The predicted molar refractivity (Wildman–Crippen MR) is 189 cm³/mol. The summed E-state index contributed by atoms with van der Waals surface area (Å²) in [4.78, 5) is 19.6. The Labute approximate surface area is 266 Å². The van der Waals surface area contributed by atoms with E-state index in [0.717, 1.165) is 33.5 Å². The maximum atomic E-state index is 5.04. The summed E-state index contributed by atoms with van der Waals surface area (Å²) in [5.41, 5.74) is 6.99. The zero-order valence-electron chi connectivity index (χ0n) is 24.8. The van der Waals surface area contributed by atoms with E-state index in [1.54, 1.807) is 0 Å². The molecule has 2 aromatic heterocycles. The zero-order chi connectivity index (χ0) is 30.5. The summed E-state index contributed by atoms with van der Waals surface area (Å²) in [7, 11) is 0. The van der Waals surface area contributed by atoms with Crippen LogP contribution in [-0.4, -0.2) is 19.9 Å². The molecule has 0 amide bonds.